The minimum absolute atomic E-state index is 0.204. The molecule has 2 nitrogen and oxygen atoms in total. The van der Waals surface area contributed by atoms with Crippen molar-refractivity contribution < 1.29 is 0 Å². The van der Waals surface area contributed by atoms with Crippen LogP contribution in [0.4, 0.5) is 5.69 Å². The van der Waals surface area contributed by atoms with E-state index in [9.17, 15) is 0 Å². The molecule has 17 heavy (non-hydrogen) atoms. The maximum absolute atomic E-state index is 6.19. The second-order valence-electron chi connectivity index (χ2n) is 6.15. The number of nitrogens with zero attached hydrogens (tertiary/aromatic N) is 1. The van der Waals surface area contributed by atoms with Gasteiger partial charge in [0.15, 0.2) is 0 Å². The molecule has 1 heterocycles. The van der Waals surface area contributed by atoms with Gasteiger partial charge in [-0.05, 0) is 48.9 Å². The largest absolute Gasteiger partial charge is 0.371 e. The standard InChI is InChI=1S/C15H24N2/c1-11-7-12(2)9-13(8-11)17-6-5-14(16)15(3,4)10-17/h7-9,14H,5-6,10,16H2,1-4H3. The fourth-order valence-electron chi connectivity index (χ4n) is 2.73. The molecule has 0 aliphatic carbocycles. The van der Waals surface area contributed by atoms with Gasteiger partial charge in [-0.15, -0.1) is 0 Å². The molecule has 1 aromatic rings. The molecular formula is C15H24N2. The van der Waals surface area contributed by atoms with Crippen LogP contribution in [0.3, 0.4) is 0 Å². The van der Waals surface area contributed by atoms with Crippen LogP contribution in [0.2, 0.25) is 0 Å². The summed E-state index contributed by atoms with van der Waals surface area (Å²) in [5.41, 5.74) is 10.4. The van der Waals surface area contributed by atoms with E-state index in [1.165, 1.54) is 16.8 Å². The third kappa shape index (κ3) is 2.63. The first-order valence-corrected chi connectivity index (χ1v) is 6.47. The number of aryl methyl sites for hydroxylation is 2. The van der Waals surface area contributed by atoms with E-state index in [0.29, 0.717) is 6.04 Å². The lowest BCUT2D eigenvalue weighted by molar-refractivity contribution is 0.245. The molecule has 0 bridgehead atoms. The van der Waals surface area contributed by atoms with Crippen molar-refractivity contribution in [1.82, 2.24) is 0 Å². The number of hydrogen-bond donors (Lipinski definition) is 1. The van der Waals surface area contributed by atoms with E-state index in [4.69, 9.17) is 5.73 Å². The summed E-state index contributed by atoms with van der Waals surface area (Å²) in [6.45, 7) is 11.0. The van der Waals surface area contributed by atoms with Gasteiger partial charge in [-0.1, -0.05) is 19.9 Å². The van der Waals surface area contributed by atoms with Crippen LogP contribution in [0.1, 0.15) is 31.4 Å². The quantitative estimate of drug-likeness (QED) is 0.806. The minimum atomic E-state index is 0.204. The van der Waals surface area contributed by atoms with Crippen LogP contribution in [-0.4, -0.2) is 19.1 Å². The van der Waals surface area contributed by atoms with Crippen molar-refractivity contribution in [2.75, 3.05) is 18.0 Å². The summed E-state index contributed by atoms with van der Waals surface area (Å²) in [6.07, 6.45) is 1.08. The van der Waals surface area contributed by atoms with Crippen molar-refractivity contribution in [2.45, 2.75) is 40.2 Å². The zero-order valence-electron chi connectivity index (χ0n) is 11.5. The SMILES string of the molecule is Cc1cc(C)cc(N2CCC(N)C(C)(C)C2)c1. The van der Waals surface area contributed by atoms with Crippen LogP contribution in [0.25, 0.3) is 0 Å². The molecule has 2 heteroatoms. The van der Waals surface area contributed by atoms with Gasteiger partial charge in [0.25, 0.3) is 0 Å². The van der Waals surface area contributed by atoms with Gasteiger partial charge in [0.05, 0.1) is 0 Å². The number of hydrogen-bond acceptors (Lipinski definition) is 2. The Kier molecular flexibility index (Phi) is 3.17. The van der Waals surface area contributed by atoms with Gasteiger partial charge in [-0.25, -0.2) is 0 Å². The molecule has 1 atom stereocenters. The lowest BCUT2D eigenvalue weighted by Crippen LogP contribution is -2.52. The summed E-state index contributed by atoms with van der Waals surface area (Å²) < 4.78 is 0. The molecule has 1 unspecified atom stereocenters. The predicted octanol–water partition coefficient (Wildman–Crippen LogP) is 2.87. The zero-order valence-corrected chi connectivity index (χ0v) is 11.5. The molecule has 0 saturated carbocycles. The van der Waals surface area contributed by atoms with E-state index in [-0.39, 0.29) is 5.41 Å². The summed E-state index contributed by atoms with van der Waals surface area (Å²) in [5.74, 6) is 0. The maximum atomic E-state index is 6.19. The summed E-state index contributed by atoms with van der Waals surface area (Å²) >= 11 is 0. The Balaban J connectivity index is 2.23. The van der Waals surface area contributed by atoms with Gasteiger partial charge < -0.3 is 10.6 Å². The summed E-state index contributed by atoms with van der Waals surface area (Å²) in [5, 5.41) is 0. The predicted molar refractivity (Wildman–Crippen MR) is 74.5 cm³/mol. The Morgan fingerprint density at radius 3 is 2.29 bits per heavy atom. The molecule has 0 amide bonds. The smallest absolute Gasteiger partial charge is 0.0371 e. The fourth-order valence-corrected chi connectivity index (χ4v) is 2.73. The van der Waals surface area contributed by atoms with E-state index in [0.717, 1.165) is 19.5 Å². The summed E-state index contributed by atoms with van der Waals surface area (Å²) in [4.78, 5) is 2.48. The number of rotatable bonds is 1. The number of piperidine rings is 1. The third-order valence-corrected chi connectivity index (χ3v) is 3.88. The molecule has 0 aromatic heterocycles. The first-order valence-electron chi connectivity index (χ1n) is 6.47. The van der Waals surface area contributed by atoms with E-state index < -0.39 is 0 Å². The topological polar surface area (TPSA) is 29.3 Å². The molecule has 1 fully saturated rings. The Morgan fingerprint density at radius 2 is 1.76 bits per heavy atom. The van der Waals surface area contributed by atoms with Gasteiger partial charge in [-0.3, -0.25) is 0 Å². The Bertz CT molecular complexity index is 389. The zero-order chi connectivity index (χ0) is 12.6. The van der Waals surface area contributed by atoms with Gasteiger partial charge >= 0.3 is 0 Å². The normalized spacial score (nSPS) is 23.8. The van der Waals surface area contributed by atoms with Crippen molar-refractivity contribution in [3.05, 3.63) is 29.3 Å². The molecular weight excluding hydrogens is 208 g/mol. The Labute approximate surface area is 105 Å². The molecule has 94 valence electrons. The van der Waals surface area contributed by atoms with Crippen LogP contribution >= 0.6 is 0 Å². The van der Waals surface area contributed by atoms with Crippen LogP contribution in [-0.2, 0) is 0 Å². The maximum Gasteiger partial charge on any atom is 0.0371 e. The van der Waals surface area contributed by atoms with E-state index in [1.54, 1.807) is 0 Å². The van der Waals surface area contributed by atoms with Crippen molar-refractivity contribution >= 4 is 5.69 Å². The second-order valence-corrected chi connectivity index (χ2v) is 6.15. The monoisotopic (exact) mass is 232 g/mol. The van der Waals surface area contributed by atoms with Crippen LogP contribution in [0.5, 0.6) is 0 Å². The van der Waals surface area contributed by atoms with Gasteiger partial charge in [0, 0.05) is 24.8 Å². The number of nitrogens with two attached hydrogens (primary N) is 1. The van der Waals surface area contributed by atoms with Crippen LogP contribution < -0.4 is 10.6 Å². The molecule has 1 aliphatic heterocycles. The number of anilines is 1. The lowest BCUT2D eigenvalue weighted by Gasteiger charge is -2.43. The third-order valence-electron chi connectivity index (χ3n) is 3.88. The highest BCUT2D eigenvalue weighted by atomic mass is 15.2. The van der Waals surface area contributed by atoms with Crippen LogP contribution in [0.15, 0.2) is 18.2 Å². The fraction of sp³-hybridized carbons (Fsp3) is 0.600. The highest BCUT2D eigenvalue weighted by molar-refractivity contribution is 5.51. The lowest BCUT2D eigenvalue weighted by atomic mass is 9.79. The van der Waals surface area contributed by atoms with Crippen molar-refractivity contribution in [1.29, 1.82) is 0 Å². The average molecular weight is 232 g/mol. The van der Waals surface area contributed by atoms with Crippen molar-refractivity contribution in [2.24, 2.45) is 11.1 Å². The Morgan fingerprint density at radius 1 is 1.18 bits per heavy atom. The van der Waals surface area contributed by atoms with E-state index >= 15 is 0 Å². The molecule has 2 rings (SSSR count). The highest BCUT2D eigenvalue weighted by Crippen LogP contribution is 2.31. The molecule has 0 spiro atoms. The van der Waals surface area contributed by atoms with Gasteiger partial charge in [-0.2, -0.15) is 0 Å². The Hall–Kier alpha value is -1.02. The van der Waals surface area contributed by atoms with E-state index in [2.05, 4.69) is 50.8 Å². The van der Waals surface area contributed by atoms with Crippen molar-refractivity contribution in [3.63, 3.8) is 0 Å². The molecule has 1 saturated heterocycles. The van der Waals surface area contributed by atoms with Crippen LogP contribution in [0, 0.1) is 19.3 Å². The van der Waals surface area contributed by atoms with Gasteiger partial charge in [0.1, 0.15) is 0 Å². The molecule has 0 radical (unpaired) electrons. The first-order chi connectivity index (χ1) is 7.88. The molecule has 1 aliphatic rings. The summed E-state index contributed by atoms with van der Waals surface area (Å²) in [7, 11) is 0. The first kappa shape index (κ1) is 12.4. The summed E-state index contributed by atoms with van der Waals surface area (Å²) in [6, 6.07) is 7.11. The van der Waals surface area contributed by atoms with E-state index in [1.807, 2.05) is 0 Å². The average Bonchev–Trinajstić information content (AvgIpc) is 2.20. The minimum Gasteiger partial charge on any atom is -0.371 e. The van der Waals surface area contributed by atoms with Gasteiger partial charge in [0.2, 0.25) is 0 Å². The second kappa shape index (κ2) is 4.34. The van der Waals surface area contributed by atoms with Crippen molar-refractivity contribution in [3.8, 4) is 0 Å². The number of benzene rings is 1. The molecule has 1 aromatic carbocycles. The molecule has 2 N–H and O–H groups in total. The highest BCUT2D eigenvalue weighted by Gasteiger charge is 2.33.